The molecule has 0 saturated carbocycles. The lowest BCUT2D eigenvalue weighted by Gasteiger charge is -2.48. The van der Waals surface area contributed by atoms with Gasteiger partial charge in [0.05, 0.1) is 14.1 Å². The van der Waals surface area contributed by atoms with Gasteiger partial charge in [0, 0.05) is 29.8 Å². The molecule has 0 aliphatic rings. The van der Waals surface area contributed by atoms with E-state index in [2.05, 4.69) is 44.4 Å². The second-order valence-corrected chi connectivity index (χ2v) is 12.1. The smallest absolute Gasteiger partial charge is 0.125 e. The van der Waals surface area contributed by atoms with Crippen molar-refractivity contribution in [3.63, 3.8) is 0 Å². The molecule has 5 rings (SSSR count). The summed E-state index contributed by atoms with van der Waals surface area (Å²) in [5.74, 6) is -8.71. The minimum atomic E-state index is -3.39. The summed E-state index contributed by atoms with van der Waals surface area (Å²) in [5, 5.41) is 0. The summed E-state index contributed by atoms with van der Waals surface area (Å²) < 4.78 is 119. The molecule has 0 atom stereocenters. The minimum absolute atomic E-state index is 0.237. The molecule has 0 spiro atoms. The molecule has 0 aliphatic heterocycles. The fraction of sp³-hybridized carbons (Fsp3) is 0.189. The molecule has 0 saturated heterocycles. The average molecular weight is 655 g/mol. The van der Waals surface area contributed by atoms with Crippen molar-refractivity contribution in [2.24, 2.45) is 0 Å². The number of hydrogen-bond acceptors (Lipinski definition) is 0. The largest absolute Gasteiger partial charge is 0.336 e. The first kappa shape index (κ1) is 35.4. The van der Waals surface area contributed by atoms with Gasteiger partial charge in [-0.05, 0) is 49.9 Å². The van der Waals surface area contributed by atoms with E-state index in [0.29, 0.717) is 24.3 Å². The maximum absolute atomic E-state index is 15.0. The van der Waals surface area contributed by atoms with E-state index in [4.69, 9.17) is 0 Å². The van der Waals surface area contributed by atoms with Crippen LogP contribution in [0, 0.1) is 74.2 Å². The van der Waals surface area contributed by atoms with E-state index in [9.17, 15) is 17.6 Å². The van der Waals surface area contributed by atoms with Gasteiger partial charge in [-0.2, -0.15) is 21.9 Å². The highest BCUT2D eigenvalue weighted by Crippen LogP contribution is 2.23. The van der Waals surface area contributed by atoms with Crippen molar-refractivity contribution < 1.29 is 40.0 Å². The molecule has 5 aromatic rings. The van der Waals surface area contributed by atoms with Crippen LogP contribution in [0.3, 0.4) is 0 Å². The number of benzene rings is 5. The quantitative estimate of drug-likeness (QED) is 0.176. The Morgan fingerprint density at radius 2 is 0.723 bits per heavy atom. The van der Waals surface area contributed by atoms with Crippen molar-refractivity contribution in [1.29, 1.82) is 0 Å². The van der Waals surface area contributed by atoms with Gasteiger partial charge in [-0.1, -0.05) is 54.6 Å². The molecule has 5 aromatic carbocycles. The first-order valence-corrected chi connectivity index (χ1v) is 14.9. The predicted octanol–water partition coefficient (Wildman–Crippen LogP) is 5.74. The Balaban J connectivity index is 0.000000427. The van der Waals surface area contributed by atoms with E-state index in [1.807, 2.05) is 0 Å². The molecule has 0 fully saturated rings. The number of nitrogens with one attached hydrogen (secondary N) is 1. The van der Waals surface area contributed by atoms with Gasteiger partial charge in [-0.3, -0.25) is 0 Å². The molecule has 10 heteroatoms. The number of halogens is 8. The van der Waals surface area contributed by atoms with Crippen LogP contribution in [0.15, 0.2) is 78.9 Å². The van der Waals surface area contributed by atoms with E-state index in [1.54, 1.807) is 0 Å². The lowest BCUT2D eigenvalue weighted by atomic mass is 9.11. The van der Waals surface area contributed by atoms with Crippen LogP contribution in [-0.4, -0.2) is 20.2 Å². The Morgan fingerprint density at radius 3 is 0.979 bits per heavy atom. The van der Waals surface area contributed by atoms with Gasteiger partial charge in [0.15, 0.2) is 0 Å². The normalized spacial score (nSPS) is 11.5. The summed E-state index contributed by atoms with van der Waals surface area (Å²) in [5.41, 5.74) is -0.686. The Bertz CT molecular complexity index is 1690. The van der Waals surface area contributed by atoms with E-state index in [0.717, 1.165) is 30.8 Å². The van der Waals surface area contributed by atoms with Crippen molar-refractivity contribution in [3.05, 3.63) is 153 Å². The molecule has 0 bridgehead atoms. The standard InChI is InChI=1S/C28H20BF8.C9H13N/c1-13-21(5-17(30)9-25(13)34)29(22-6-18(31)10-26(35)14(22)2,23-7-19(32)11-27(36)15(23)3)24-8-20(33)12-28(37)16(24)4;1-10(2)8-9-6-4-3-5-7-9/h5-12H,1-4H3;3-7H,8H2,1-2H3/q-1;/p+1. The van der Waals surface area contributed by atoms with Gasteiger partial charge in [-0.15, -0.1) is 0 Å². The van der Waals surface area contributed by atoms with E-state index in [1.165, 1.54) is 38.2 Å². The first-order chi connectivity index (χ1) is 22.1. The highest BCUT2D eigenvalue weighted by molar-refractivity contribution is 7.20. The predicted molar refractivity (Wildman–Crippen MR) is 172 cm³/mol. The van der Waals surface area contributed by atoms with Gasteiger partial charge in [0.2, 0.25) is 0 Å². The van der Waals surface area contributed by atoms with Gasteiger partial charge in [-0.25, -0.2) is 35.1 Å². The first-order valence-electron chi connectivity index (χ1n) is 14.9. The third-order valence-electron chi connectivity index (χ3n) is 8.66. The zero-order chi connectivity index (χ0) is 34.8. The molecule has 1 N–H and O–H groups in total. The number of rotatable bonds is 6. The third kappa shape index (κ3) is 7.12. The monoisotopic (exact) mass is 655 g/mol. The fourth-order valence-electron chi connectivity index (χ4n) is 6.47. The van der Waals surface area contributed by atoms with Crippen LogP contribution in [0.25, 0.3) is 0 Å². The average Bonchev–Trinajstić information content (AvgIpc) is 2.99. The Kier molecular flexibility index (Phi) is 10.7. The summed E-state index contributed by atoms with van der Waals surface area (Å²) in [4.78, 5) is 1.46. The molecule has 0 radical (unpaired) electrons. The number of hydrogen-bond donors (Lipinski definition) is 1. The van der Waals surface area contributed by atoms with Crippen LogP contribution in [-0.2, 0) is 6.54 Å². The molecule has 47 heavy (non-hydrogen) atoms. The van der Waals surface area contributed by atoms with E-state index >= 15 is 17.6 Å². The molecule has 0 heterocycles. The van der Waals surface area contributed by atoms with Crippen molar-refractivity contribution in [2.75, 3.05) is 14.1 Å². The second-order valence-electron chi connectivity index (χ2n) is 12.1. The fourth-order valence-corrected chi connectivity index (χ4v) is 6.47. The maximum Gasteiger partial charge on any atom is 0.125 e. The molecule has 0 aliphatic carbocycles. The van der Waals surface area contributed by atoms with Crippen LogP contribution in [0.5, 0.6) is 0 Å². The lowest BCUT2D eigenvalue weighted by molar-refractivity contribution is -0.872. The van der Waals surface area contributed by atoms with E-state index in [-0.39, 0.29) is 44.1 Å². The number of quaternary nitrogens is 1. The van der Waals surface area contributed by atoms with Crippen LogP contribution >= 0.6 is 0 Å². The lowest BCUT2D eigenvalue weighted by Crippen LogP contribution is -3.04. The van der Waals surface area contributed by atoms with Gasteiger partial charge in [0.25, 0.3) is 0 Å². The summed E-state index contributed by atoms with van der Waals surface area (Å²) in [7, 11) is 4.32. The molecular formula is C37H34BF8N. The summed E-state index contributed by atoms with van der Waals surface area (Å²) >= 11 is 0. The summed E-state index contributed by atoms with van der Waals surface area (Å²) in [6.45, 7) is 6.06. The molecule has 1 nitrogen and oxygen atoms in total. The second kappa shape index (κ2) is 14.1. The minimum Gasteiger partial charge on any atom is -0.336 e. The molecule has 0 amide bonds. The molecule has 246 valence electrons. The zero-order valence-electron chi connectivity index (χ0n) is 26.8. The zero-order valence-corrected chi connectivity index (χ0v) is 26.8. The van der Waals surface area contributed by atoms with Crippen molar-refractivity contribution in [1.82, 2.24) is 0 Å². The van der Waals surface area contributed by atoms with Crippen LogP contribution in [0.4, 0.5) is 35.1 Å². The van der Waals surface area contributed by atoms with Crippen molar-refractivity contribution in [2.45, 2.75) is 34.2 Å². The summed E-state index contributed by atoms with van der Waals surface area (Å²) in [6, 6.07) is 16.2. The van der Waals surface area contributed by atoms with Gasteiger partial charge in [0.1, 0.15) is 59.2 Å². The highest BCUT2D eigenvalue weighted by atomic mass is 19.2. The third-order valence-corrected chi connectivity index (χ3v) is 8.66. The van der Waals surface area contributed by atoms with Gasteiger partial charge < -0.3 is 4.90 Å². The van der Waals surface area contributed by atoms with Crippen LogP contribution < -0.4 is 26.8 Å². The molecule has 0 aromatic heterocycles. The Morgan fingerprint density at radius 1 is 0.447 bits per heavy atom. The van der Waals surface area contributed by atoms with Crippen molar-refractivity contribution in [3.8, 4) is 0 Å². The topological polar surface area (TPSA) is 4.44 Å². The van der Waals surface area contributed by atoms with Gasteiger partial charge >= 0.3 is 0 Å². The summed E-state index contributed by atoms with van der Waals surface area (Å²) in [6.07, 6.45) is -3.39. The Hall–Kier alpha value is -4.44. The Labute approximate surface area is 269 Å². The van der Waals surface area contributed by atoms with E-state index < -0.39 is 52.7 Å². The van der Waals surface area contributed by atoms with Crippen molar-refractivity contribution >= 4 is 28.0 Å². The van der Waals surface area contributed by atoms with Crippen LogP contribution in [0.2, 0.25) is 0 Å². The van der Waals surface area contributed by atoms with Crippen LogP contribution in [0.1, 0.15) is 27.8 Å². The SMILES string of the molecule is C[NH+](C)Cc1ccccc1.Cc1c(F)cc(F)cc1[B-](c1cc(F)cc(F)c1C)(c1cc(F)cc(F)c1C)c1cc(F)cc(F)c1C. The molecule has 0 unspecified atom stereocenters. The highest BCUT2D eigenvalue weighted by Gasteiger charge is 2.39. The molecular weight excluding hydrogens is 621 g/mol. The maximum atomic E-state index is 15.0.